The first-order chi connectivity index (χ1) is 11.4. The maximum absolute atomic E-state index is 13.6. The van der Waals surface area contributed by atoms with Crippen LogP contribution in [-0.4, -0.2) is 30.2 Å². The van der Waals surface area contributed by atoms with Gasteiger partial charge in [0, 0.05) is 6.07 Å². The van der Waals surface area contributed by atoms with Crippen LogP contribution in [0.15, 0.2) is 28.8 Å². The molecule has 0 saturated carbocycles. The molecule has 1 atom stereocenters. The highest BCUT2D eigenvalue weighted by Crippen LogP contribution is 2.19. The van der Waals surface area contributed by atoms with Crippen LogP contribution in [-0.2, 0) is 9.53 Å². The molecule has 0 radical (unpaired) electrons. The van der Waals surface area contributed by atoms with Crippen LogP contribution in [0.2, 0.25) is 0 Å². The van der Waals surface area contributed by atoms with Gasteiger partial charge >= 0.3 is 5.97 Å². The van der Waals surface area contributed by atoms with Crippen molar-refractivity contribution in [3.05, 3.63) is 41.4 Å². The van der Waals surface area contributed by atoms with Gasteiger partial charge in [-0.1, -0.05) is 12.1 Å². The van der Waals surface area contributed by atoms with Gasteiger partial charge in [0.05, 0.1) is 12.7 Å². The number of esters is 1. The van der Waals surface area contributed by atoms with Gasteiger partial charge < -0.3 is 19.3 Å². The summed E-state index contributed by atoms with van der Waals surface area (Å²) in [6.45, 7) is 3.36. The lowest BCUT2D eigenvalue weighted by molar-refractivity contribution is -0.124. The minimum Gasteiger partial charge on any atom is -0.494 e. The molecule has 0 spiro atoms. The lowest BCUT2D eigenvalue weighted by atomic mass is 10.2. The second kappa shape index (κ2) is 7.58. The van der Waals surface area contributed by atoms with E-state index in [-0.39, 0.29) is 23.6 Å². The van der Waals surface area contributed by atoms with E-state index in [2.05, 4.69) is 10.5 Å². The zero-order valence-electron chi connectivity index (χ0n) is 13.5. The minimum atomic E-state index is -1.04. The number of amides is 1. The second-order valence-corrected chi connectivity index (χ2v) is 4.96. The number of benzene rings is 1. The van der Waals surface area contributed by atoms with E-state index < -0.39 is 23.8 Å². The molecule has 2 aromatic rings. The highest BCUT2D eigenvalue weighted by Gasteiger charge is 2.23. The molecule has 1 unspecified atom stereocenters. The molecule has 0 aliphatic rings. The Morgan fingerprint density at radius 3 is 2.67 bits per heavy atom. The number of carbonyl (C=O) groups excluding carboxylic acids is 2. The number of ether oxygens (including phenoxy) is 2. The second-order valence-electron chi connectivity index (χ2n) is 4.96. The molecule has 128 valence electrons. The first-order valence-corrected chi connectivity index (χ1v) is 7.23. The number of aromatic nitrogens is 1. The molecule has 2 rings (SSSR count). The largest absolute Gasteiger partial charge is 0.494 e. The third-order valence-corrected chi connectivity index (χ3v) is 3.18. The SMILES string of the molecule is CCC(OC(=O)c1ccc(OC)c(F)c1)C(=O)Nc1cc(C)on1. The standard InChI is InChI=1S/C16H17FN2O5/c1-4-12(15(20)18-14-7-9(2)24-19-14)23-16(21)10-5-6-13(22-3)11(17)8-10/h5-8,12H,4H2,1-3H3,(H,18,19,20). The Hall–Kier alpha value is -2.90. The number of nitrogens with zero attached hydrogens (tertiary/aromatic N) is 1. The monoisotopic (exact) mass is 336 g/mol. The number of rotatable bonds is 6. The summed E-state index contributed by atoms with van der Waals surface area (Å²) >= 11 is 0. The number of nitrogens with one attached hydrogen (secondary N) is 1. The topological polar surface area (TPSA) is 90.7 Å². The number of hydrogen-bond donors (Lipinski definition) is 1. The summed E-state index contributed by atoms with van der Waals surface area (Å²) in [5.41, 5.74) is -0.0168. The Bertz CT molecular complexity index is 744. The molecule has 7 nitrogen and oxygen atoms in total. The first kappa shape index (κ1) is 17.5. The predicted octanol–water partition coefficient (Wildman–Crippen LogP) is 2.70. The molecule has 8 heteroatoms. The van der Waals surface area contributed by atoms with Gasteiger partial charge in [-0.3, -0.25) is 4.79 Å². The Kier molecular flexibility index (Phi) is 5.51. The van der Waals surface area contributed by atoms with E-state index in [9.17, 15) is 14.0 Å². The van der Waals surface area contributed by atoms with Gasteiger partial charge in [-0.05, 0) is 31.5 Å². The van der Waals surface area contributed by atoms with Crippen molar-refractivity contribution in [1.82, 2.24) is 5.16 Å². The molecule has 0 aliphatic heterocycles. The average molecular weight is 336 g/mol. The molecule has 1 aromatic heterocycles. The number of methoxy groups -OCH3 is 1. The van der Waals surface area contributed by atoms with Gasteiger partial charge in [-0.25, -0.2) is 9.18 Å². The van der Waals surface area contributed by atoms with Crippen LogP contribution < -0.4 is 10.1 Å². The third kappa shape index (κ3) is 4.09. The fourth-order valence-electron chi connectivity index (χ4n) is 1.94. The van der Waals surface area contributed by atoms with Crippen LogP contribution in [0.1, 0.15) is 29.5 Å². The van der Waals surface area contributed by atoms with Crippen molar-refractivity contribution >= 4 is 17.7 Å². The molecular weight excluding hydrogens is 319 g/mol. The maximum Gasteiger partial charge on any atom is 0.339 e. The summed E-state index contributed by atoms with van der Waals surface area (Å²) in [6.07, 6.45) is -0.799. The Morgan fingerprint density at radius 1 is 1.38 bits per heavy atom. The smallest absolute Gasteiger partial charge is 0.339 e. The summed E-state index contributed by atoms with van der Waals surface area (Å²) < 4.78 is 28.4. The van der Waals surface area contributed by atoms with Crippen molar-refractivity contribution in [2.75, 3.05) is 12.4 Å². The molecule has 0 fully saturated rings. The van der Waals surface area contributed by atoms with Crippen molar-refractivity contribution < 1.29 is 28.0 Å². The summed E-state index contributed by atoms with van der Waals surface area (Å²) in [5, 5.41) is 6.11. The molecule has 1 heterocycles. The lowest BCUT2D eigenvalue weighted by Crippen LogP contribution is -2.32. The lowest BCUT2D eigenvalue weighted by Gasteiger charge is -2.15. The van der Waals surface area contributed by atoms with Gasteiger partial charge in [0.1, 0.15) is 5.76 Å². The van der Waals surface area contributed by atoms with E-state index >= 15 is 0 Å². The van der Waals surface area contributed by atoms with Crippen LogP contribution in [0.25, 0.3) is 0 Å². The Balaban J connectivity index is 2.04. The molecular formula is C16H17FN2O5. The zero-order chi connectivity index (χ0) is 17.7. The predicted molar refractivity (Wildman–Crippen MR) is 82.3 cm³/mol. The molecule has 24 heavy (non-hydrogen) atoms. The van der Waals surface area contributed by atoms with E-state index in [1.165, 1.54) is 25.3 Å². The first-order valence-electron chi connectivity index (χ1n) is 7.23. The third-order valence-electron chi connectivity index (χ3n) is 3.18. The van der Waals surface area contributed by atoms with Gasteiger partial charge in [-0.2, -0.15) is 0 Å². The summed E-state index contributed by atoms with van der Waals surface area (Å²) in [5.74, 6) is -1.28. The Morgan fingerprint density at radius 2 is 2.12 bits per heavy atom. The molecule has 0 saturated heterocycles. The van der Waals surface area contributed by atoms with Gasteiger partial charge in [0.25, 0.3) is 5.91 Å². The van der Waals surface area contributed by atoms with E-state index in [0.29, 0.717) is 5.76 Å². The van der Waals surface area contributed by atoms with Gasteiger partial charge in [-0.15, -0.1) is 0 Å². The maximum atomic E-state index is 13.6. The van der Waals surface area contributed by atoms with E-state index in [1.54, 1.807) is 13.8 Å². The van der Waals surface area contributed by atoms with E-state index in [4.69, 9.17) is 14.0 Å². The van der Waals surface area contributed by atoms with Crippen molar-refractivity contribution in [3.63, 3.8) is 0 Å². The number of carbonyl (C=O) groups is 2. The fraction of sp³-hybridized carbons (Fsp3) is 0.312. The highest BCUT2D eigenvalue weighted by atomic mass is 19.1. The van der Waals surface area contributed by atoms with Crippen molar-refractivity contribution in [3.8, 4) is 5.75 Å². The van der Waals surface area contributed by atoms with Crippen LogP contribution >= 0.6 is 0 Å². The normalized spacial score (nSPS) is 11.7. The summed E-state index contributed by atoms with van der Waals surface area (Å²) in [4.78, 5) is 24.2. The number of aryl methyl sites for hydroxylation is 1. The number of halogens is 1. The molecule has 0 aliphatic carbocycles. The molecule has 1 aromatic carbocycles. The molecule has 1 N–H and O–H groups in total. The summed E-state index contributed by atoms with van der Waals surface area (Å²) in [7, 11) is 1.32. The van der Waals surface area contributed by atoms with Crippen molar-refractivity contribution in [2.24, 2.45) is 0 Å². The summed E-state index contributed by atoms with van der Waals surface area (Å²) in [6, 6.07) is 5.19. The molecule has 0 bridgehead atoms. The molecule has 1 amide bonds. The highest BCUT2D eigenvalue weighted by molar-refractivity contribution is 5.97. The number of hydrogen-bond acceptors (Lipinski definition) is 6. The van der Waals surface area contributed by atoms with Crippen molar-refractivity contribution in [2.45, 2.75) is 26.4 Å². The fourth-order valence-corrected chi connectivity index (χ4v) is 1.94. The number of anilines is 1. The van der Waals surface area contributed by atoms with Crippen molar-refractivity contribution in [1.29, 1.82) is 0 Å². The van der Waals surface area contributed by atoms with Gasteiger partial charge in [0.2, 0.25) is 0 Å². The average Bonchev–Trinajstić information content (AvgIpc) is 2.96. The van der Waals surface area contributed by atoms with E-state index in [0.717, 1.165) is 6.07 Å². The quantitative estimate of drug-likeness (QED) is 0.816. The van der Waals surface area contributed by atoms with Crippen LogP contribution in [0, 0.1) is 12.7 Å². The van der Waals surface area contributed by atoms with E-state index in [1.807, 2.05) is 0 Å². The van der Waals surface area contributed by atoms with Crippen LogP contribution in [0.4, 0.5) is 10.2 Å². The van der Waals surface area contributed by atoms with Gasteiger partial charge in [0.15, 0.2) is 23.5 Å². The van der Waals surface area contributed by atoms with Crippen LogP contribution in [0.5, 0.6) is 5.75 Å². The Labute approximate surface area is 137 Å². The minimum absolute atomic E-state index is 0.0118. The zero-order valence-corrected chi connectivity index (χ0v) is 13.5. The van der Waals surface area contributed by atoms with Crippen LogP contribution in [0.3, 0.4) is 0 Å².